The summed E-state index contributed by atoms with van der Waals surface area (Å²) >= 11 is 0. The number of rotatable bonds is 10. The van der Waals surface area contributed by atoms with Gasteiger partial charge in [0, 0.05) is 32.6 Å². The van der Waals surface area contributed by atoms with Crippen LogP contribution >= 0.6 is 0 Å². The molecule has 2 aromatic rings. The van der Waals surface area contributed by atoms with E-state index in [0.29, 0.717) is 25.5 Å². The van der Waals surface area contributed by atoms with Gasteiger partial charge in [0.1, 0.15) is 5.75 Å². The van der Waals surface area contributed by atoms with E-state index in [1.165, 1.54) is 5.56 Å². The van der Waals surface area contributed by atoms with E-state index in [-0.39, 0.29) is 6.04 Å². The third kappa shape index (κ3) is 7.51. The molecule has 0 spiro atoms. The van der Waals surface area contributed by atoms with Gasteiger partial charge in [0.2, 0.25) is 0 Å². The van der Waals surface area contributed by atoms with Gasteiger partial charge in [-0.2, -0.15) is 0 Å². The van der Waals surface area contributed by atoms with E-state index < -0.39 is 6.10 Å². The summed E-state index contributed by atoms with van der Waals surface area (Å²) < 4.78 is 10.9. The summed E-state index contributed by atoms with van der Waals surface area (Å²) in [5.41, 5.74) is 2.33. The standard InChI is InChI=1S/C25H36N4O3/c1-3-26-25(27-18-22(30)17-20-7-5-4-6-8-20)28-19-24(29-13-15-32-16-14-29)21-9-11-23(31-2)12-10-21/h4-12,22,24,30H,3,13-19H2,1-2H3,(H2,26,27,28). The number of aliphatic hydroxyl groups is 1. The molecule has 0 aromatic heterocycles. The molecule has 1 fully saturated rings. The highest BCUT2D eigenvalue weighted by Crippen LogP contribution is 2.23. The summed E-state index contributed by atoms with van der Waals surface area (Å²) in [4.78, 5) is 7.07. The average molecular weight is 441 g/mol. The number of morpholine rings is 1. The number of methoxy groups -OCH3 is 1. The summed E-state index contributed by atoms with van der Waals surface area (Å²) in [6.45, 7) is 7.11. The van der Waals surface area contributed by atoms with Gasteiger partial charge in [-0.05, 0) is 30.2 Å². The van der Waals surface area contributed by atoms with Crippen LogP contribution in [-0.4, -0.2) is 75.1 Å². The fourth-order valence-corrected chi connectivity index (χ4v) is 3.86. The van der Waals surface area contributed by atoms with Crippen LogP contribution in [0.25, 0.3) is 0 Å². The second kappa shape index (κ2) is 13.1. The van der Waals surface area contributed by atoms with E-state index >= 15 is 0 Å². The number of hydrogen-bond donors (Lipinski definition) is 3. The van der Waals surface area contributed by atoms with Gasteiger partial charge >= 0.3 is 0 Å². The molecule has 3 N–H and O–H groups in total. The van der Waals surface area contributed by atoms with Gasteiger partial charge in [-0.3, -0.25) is 9.89 Å². The first-order valence-electron chi connectivity index (χ1n) is 11.4. The molecule has 1 aliphatic rings. The van der Waals surface area contributed by atoms with Crippen molar-refractivity contribution in [2.75, 3.05) is 53.0 Å². The zero-order valence-electron chi connectivity index (χ0n) is 19.2. The molecule has 0 saturated carbocycles. The molecule has 0 radical (unpaired) electrons. The Morgan fingerprint density at radius 1 is 1.09 bits per heavy atom. The number of nitrogens with one attached hydrogen (secondary N) is 2. The van der Waals surface area contributed by atoms with Crippen LogP contribution in [0.2, 0.25) is 0 Å². The number of aliphatic hydroxyl groups excluding tert-OH is 1. The Morgan fingerprint density at radius 2 is 1.81 bits per heavy atom. The van der Waals surface area contributed by atoms with Gasteiger partial charge in [0.25, 0.3) is 0 Å². The lowest BCUT2D eigenvalue weighted by Gasteiger charge is -2.35. The third-order valence-electron chi connectivity index (χ3n) is 5.57. The number of benzene rings is 2. The van der Waals surface area contributed by atoms with Crippen molar-refractivity contribution in [2.45, 2.75) is 25.5 Å². The SMILES string of the molecule is CCNC(=NCC(O)Cc1ccccc1)NCC(c1ccc(OC)cc1)N1CCOCC1. The quantitative estimate of drug-likeness (QED) is 0.389. The van der Waals surface area contributed by atoms with Gasteiger partial charge in [-0.1, -0.05) is 42.5 Å². The topological polar surface area (TPSA) is 78.4 Å². The Bertz CT molecular complexity index is 808. The monoisotopic (exact) mass is 440 g/mol. The van der Waals surface area contributed by atoms with E-state index in [1.54, 1.807) is 7.11 Å². The third-order valence-corrected chi connectivity index (χ3v) is 5.57. The molecular formula is C25H36N4O3. The Balaban J connectivity index is 1.64. The summed E-state index contributed by atoms with van der Waals surface area (Å²) in [5.74, 6) is 1.57. The zero-order valence-corrected chi connectivity index (χ0v) is 19.2. The van der Waals surface area contributed by atoms with E-state index in [9.17, 15) is 5.11 Å². The lowest BCUT2D eigenvalue weighted by molar-refractivity contribution is 0.0170. The first kappa shape index (κ1) is 24.0. The molecule has 2 atom stereocenters. The van der Waals surface area contributed by atoms with E-state index in [0.717, 1.165) is 44.2 Å². The van der Waals surface area contributed by atoms with Crippen LogP contribution in [0.1, 0.15) is 24.1 Å². The average Bonchev–Trinajstić information content (AvgIpc) is 2.84. The second-order valence-corrected chi connectivity index (χ2v) is 7.88. The molecule has 1 heterocycles. The van der Waals surface area contributed by atoms with Crippen LogP contribution < -0.4 is 15.4 Å². The van der Waals surface area contributed by atoms with E-state index in [4.69, 9.17) is 9.47 Å². The van der Waals surface area contributed by atoms with Crippen molar-refractivity contribution in [2.24, 2.45) is 4.99 Å². The van der Waals surface area contributed by atoms with Crippen LogP contribution in [0.3, 0.4) is 0 Å². The number of aliphatic imine (C=N–C) groups is 1. The predicted octanol–water partition coefficient (Wildman–Crippen LogP) is 2.23. The predicted molar refractivity (Wildman–Crippen MR) is 128 cm³/mol. The normalized spacial score (nSPS) is 16.9. The molecule has 0 amide bonds. The van der Waals surface area contributed by atoms with Crippen molar-refractivity contribution >= 4 is 5.96 Å². The highest BCUT2D eigenvalue weighted by Gasteiger charge is 2.23. The van der Waals surface area contributed by atoms with Crippen LogP contribution in [0.15, 0.2) is 59.6 Å². The van der Waals surface area contributed by atoms with Crippen LogP contribution in [0.5, 0.6) is 5.75 Å². The maximum Gasteiger partial charge on any atom is 0.191 e. The number of ether oxygens (including phenoxy) is 2. The summed E-state index contributed by atoms with van der Waals surface area (Å²) in [6.07, 6.45) is 0.0657. The Kier molecular flexibility index (Phi) is 9.81. The molecule has 32 heavy (non-hydrogen) atoms. The smallest absolute Gasteiger partial charge is 0.191 e. The Hall–Kier alpha value is -2.61. The highest BCUT2D eigenvalue weighted by molar-refractivity contribution is 5.79. The van der Waals surface area contributed by atoms with Crippen molar-refractivity contribution in [3.8, 4) is 5.75 Å². The molecule has 1 aliphatic heterocycles. The second-order valence-electron chi connectivity index (χ2n) is 7.88. The molecule has 1 saturated heterocycles. The van der Waals surface area contributed by atoms with Gasteiger partial charge in [-0.25, -0.2) is 0 Å². The van der Waals surface area contributed by atoms with Gasteiger partial charge in [0.15, 0.2) is 5.96 Å². The Labute approximate surface area is 191 Å². The first-order valence-corrected chi connectivity index (χ1v) is 11.4. The number of guanidine groups is 1. The fourth-order valence-electron chi connectivity index (χ4n) is 3.86. The van der Waals surface area contributed by atoms with Crippen molar-refractivity contribution in [1.82, 2.24) is 15.5 Å². The van der Waals surface area contributed by atoms with Crippen LogP contribution in [0, 0.1) is 0 Å². The number of hydrogen-bond acceptors (Lipinski definition) is 5. The fraction of sp³-hybridized carbons (Fsp3) is 0.480. The van der Waals surface area contributed by atoms with Crippen molar-refractivity contribution < 1.29 is 14.6 Å². The first-order chi connectivity index (χ1) is 15.7. The summed E-state index contributed by atoms with van der Waals surface area (Å²) in [6, 6.07) is 18.4. The summed E-state index contributed by atoms with van der Waals surface area (Å²) in [7, 11) is 1.68. The molecule has 7 heteroatoms. The van der Waals surface area contributed by atoms with Gasteiger partial charge < -0.3 is 25.2 Å². The van der Waals surface area contributed by atoms with E-state index in [1.807, 2.05) is 49.4 Å². The molecule has 3 rings (SSSR count). The molecule has 174 valence electrons. The van der Waals surface area contributed by atoms with E-state index in [2.05, 4.69) is 32.7 Å². The van der Waals surface area contributed by atoms with Crippen molar-refractivity contribution in [1.29, 1.82) is 0 Å². The molecular weight excluding hydrogens is 404 g/mol. The minimum atomic E-state index is -0.524. The van der Waals surface area contributed by atoms with Crippen LogP contribution in [0.4, 0.5) is 0 Å². The molecule has 0 aliphatic carbocycles. The minimum absolute atomic E-state index is 0.183. The lowest BCUT2D eigenvalue weighted by Crippen LogP contribution is -2.46. The molecule has 2 unspecified atom stereocenters. The molecule has 0 bridgehead atoms. The molecule has 7 nitrogen and oxygen atoms in total. The van der Waals surface area contributed by atoms with Gasteiger partial charge in [-0.15, -0.1) is 0 Å². The molecule has 2 aromatic carbocycles. The van der Waals surface area contributed by atoms with Crippen molar-refractivity contribution in [3.63, 3.8) is 0 Å². The lowest BCUT2D eigenvalue weighted by atomic mass is 10.0. The van der Waals surface area contributed by atoms with Crippen molar-refractivity contribution in [3.05, 3.63) is 65.7 Å². The largest absolute Gasteiger partial charge is 0.497 e. The minimum Gasteiger partial charge on any atom is -0.497 e. The Morgan fingerprint density at radius 3 is 2.47 bits per heavy atom. The van der Waals surface area contributed by atoms with Crippen LogP contribution in [-0.2, 0) is 11.2 Å². The van der Waals surface area contributed by atoms with Gasteiger partial charge in [0.05, 0.1) is 39.0 Å². The maximum absolute atomic E-state index is 10.4. The maximum atomic E-state index is 10.4. The highest BCUT2D eigenvalue weighted by atomic mass is 16.5. The zero-order chi connectivity index (χ0) is 22.6. The summed E-state index contributed by atoms with van der Waals surface area (Å²) in [5, 5.41) is 17.2. The number of nitrogens with zero attached hydrogens (tertiary/aromatic N) is 2.